The molecule has 19 heavy (non-hydrogen) atoms. The Morgan fingerprint density at radius 1 is 1.11 bits per heavy atom. The summed E-state index contributed by atoms with van der Waals surface area (Å²) in [5.74, 6) is 0. The second-order valence-electron chi connectivity index (χ2n) is 4.99. The van der Waals surface area contributed by atoms with E-state index in [1.165, 1.54) is 22.3 Å². The summed E-state index contributed by atoms with van der Waals surface area (Å²) < 4.78 is 10.7. The second-order valence-corrected chi connectivity index (χ2v) is 4.99. The van der Waals surface area contributed by atoms with E-state index < -0.39 is 0 Å². The molecule has 1 aromatic rings. The average molecular weight is 265 g/mol. The Labute approximate surface area is 117 Å². The van der Waals surface area contributed by atoms with Crippen LogP contribution in [0.5, 0.6) is 0 Å². The fourth-order valence-electron chi connectivity index (χ4n) is 2.57. The third kappa shape index (κ3) is 4.94. The number of methoxy groups -OCH3 is 1. The molecule has 1 unspecified atom stereocenters. The second kappa shape index (κ2) is 8.31. The highest BCUT2D eigenvalue weighted by molar-refractivity contribution is 5.39. The molecule has 1 atom stereocenters. The molecule has 1 rings (SSSR count). The normalized spacial score (nSPS) is 12.7. The third-order valence-corrected chi connectivity index (χ3v) is 3.25. The molecule has 0 aliphatic rings. The van der Waals surface area contributed by atoms with Crippen molar-refractivity contribution in [2.75, 3.05) is 33.5 Å². The van der Waals surface area contributed by atoms with Crippen molar-refractivity contribution in [2.24, 2.45) is 0 Å². The van der Waals surface area contributed by atoms with Crippen LogP contribution in [0.4, 0.5) is 0 Å². The molecule has 0 bridgehead atoms. The Bertz CT molecular complexity index is 367. The lowest BCUT2D eigenvalue weighted by Gasteiger charge is -2.23. The number of hydrogen-bond acceptors (Lipinski definition) is 3. The quantitative estimate of drug-likeness (QED) is 0.733. The van der Waals surface area contributed by atoms with Crippen molar-refractivity contribution in [2.45, 2.75) is 33.7 Å². The van der Waals surface area contributed by atoms with E-state index in [-0.39, 0.29) is 6.04 Å². The van der Waals surface area contributed by atoms with Crippen LogP contribution in [0, 0.1) is 20.8 Å². The lowest BCUT2D eigenvalue weighted by atomic mass is 9.94. The van der Waals surface area contributed by atoms with Crippen LogP contribution in [0.25, 0.3) is 0 Å². The Morgan fingerprint density at radius 3 is 2.26 bits per heavy atom. The van der Waals surface area contributed by atoms with Crippen molar-refractivity contribution >= 4 is 0 Å². The topological polar surface area (TPSA) is 30.5 Å². The summed E-state index contributed by atoms with van der Waals surface area (Å²) in [5.41, 5.74) is 5.34. The van der Waals surface area contributed by atoms with Crippen LogP contribution in [-0.2, 0) is 9.47 Å². The Morgan fingerprint density at radius 2 is 1.74 bits per heavy atom. The zero-order valence-corrected chi connectivity index (χ0v) is 12.9. The fraction of sp³-hybridized carbons (Fsp3) is 0.625. The molecule has 0 amide bonds. The molecule has 1 N–H and O–H groups in total. The smallest absolute Gasteiger partial charge is 0.0701 e. The van der Waals surface area contributed by atoms with Crippen molar-refractivity contribution in [3.8, 4) is 0 Å². The number of benzene rings is 1. The Hall–Kier alpha value is -0.900. The van der Waals surface area contributed by atoms with Gasteiger partial charge in [0.05, 0.1) is 25.9 Å². The van der Waals surface area contributed by atoms with Gasteiger partial charge in [-0.3, -0.25) is 0 Å². The summed E-state index contributed by atoms with van der Waals surface area (Å²) in [4.78, 5) is 0. The zero-order valence-electron chi connectivity index (χ0n) is 12.9. The first-order valence-corrected chi connectivity index (χ1v) is 6.98. The number of aryl methyl sites for hydroxylation is 3. The van der Waals surface area contributed by atoms with Crippen molar-refractivity contribution in [3.05, 3.63) is 34.4 Å². The third-order valence-electron chi connectivity index (χ3n) is 3.25. The lowest BCUT2D eigenvalue weighted by Crippen LogP contribution is -2.27. The van der Waals surface area contributed by atoms with Crippen LogP contribution in [0.3, 0.4) is 0 Å². The molecular formula is C16H27NO2. The van der Waals surface area contributed by atoms with E-state index in [1.807, 2.05) is 0 Å². The predicted molar refractivity (Wildman–Crippen MR) is 79.8 cm³/mol. The van der Waals surface area contributed by atoms with Crippen LogP contribution in [-0.4, -0.2) is 33.5 Å². The summed E-state index contributed by atoms with van der Waals surface area (Å²) in [7, 11) is 1.69. The van der Waals surface area contributed by atoms with Crippen LogP contribution in [0.2, 0.25) is 0 Å². The van der Waals surface area contributed by atoms with E-state index in [1.54, 1.807) is 7.11 Å². The summed E-state index contributed by atoms with van der Waals surface area (Å²) in [6.07, 6.45) is 0. The minimum Gasteiger partial charge on any atom is -0.382 e. The van der Waals surface area contributed by atoms with Crippen molar-refractivity contribution in [1.82, 2.24) is 5.32 Å². The van der Waals surface area contributed by atoms with Gasteiger partial charge in [0.15, 0.2) is 0 Å². The molecule has 0 saturated heterocycles. The van der Waals surface area contributed by atoms with Crippen molar-refractivity contribution in [3.63, 3.8) is 0 Å². The summed E-state index contributed by atoms with van der Waals surface area (Å²) in [6, 6.07) is 4.73. The van der Waals surface area contributed by atoms with Gasteiger partial charge in [0, 0.05) is 7.11 Å². The first-order chi connectivity index (χ1) is 9.10. The molecule has 108 valence electrons. The molecule has 0 saturated carbocycles. The van der Waals surface area contributed by atoms with E-state index in [4.69, 9.17) is 9.47 Å². The predicted octanol–water partition coefficient (Wildman–Crippen LogP) is 2.93. The van der Waals surface area contributed by atoms with Gasteiger partial charge in [-0.15, -0.1) is 0 Å². The lowest BCUT2D eigenvalue weighted by molar-refractivity contribution is 0.0586. The van der Waals surface area contributed by atoms with E-state index in [0.717, 1.165) is 6.54 Å². The first kappa shape index (κ1) is 16.2. The molecule has 0 aliphatic heterocycles. The Kier molecular flexibility index (Phi) is 7.06. The molecule has 0 radical (unpaired) electrons. The molecule has 1 aromatic carbocycles. The maximum absolute atomic E-state index is 5.70. The van der Waals surface area contributed by atoms with Crippen molar-refractivity contribution in [1.29, 1.82) is 0 Å². The van der Waals surface area contributed by atoms with Gasteiger partial charge < -0.3 is 14.8 Å². The zero-order chi connectivity index (χ0) is 14.3. The molecule has 0 spiro atoms. The average Bonchev–Trinajstić information content (AvgIpc) is 2.33. The number of hydrogen-bond donors (Lipinski definition) is 1. The summed E-state index contributed by atoms with van der Waals surface area (Å²) in [6.45, 7) is 11.5. The van der Waals surface area contributed by atoms with Gasteiger partial charge >= 0.3 is 0 Å². The van der Waals surface area contributed by atoms with E-state index in [9.17, 15) is 0 Å². The maximum atomic E-state index is 5.70. The highest BCUT2D eigenvalue weighted by Crippen LogP contribution is 2.24. The van der Waals surface area contributed by atoms with Gasteiger partial charge in [0.2, 0.25) is 0 Å². The van der Waals surface area contributed by atoms with Gasteiger partial charge in [0.1, 0.15) is 0 Å². The van der Waals surface area contributed by atoms with Gasteiger partial charge in [-0.25, -0.2) is 0 Å². The Balaban J connectivity index is 2.80. The number of likely N-dealkylation sites (N-methyl/N-ethyl adjacent to an activating group) is 1. The van der Waals surface area contributed by atoms with Crippen LogP contribution >= 0.6 is 0 Å². The van der Waals surface area contributed by atoms with E-state index in [0.29, 0.717) is 19.8 Å². The molecule has 3 nitrogen and oxygen atoms in total. The SMILES string of the molecule is CCNC(COCCOC)c1c(C)cc(C)cc1C. The van der Waals surface area contributed by atoms with E-state index in [2.05, 4.69) is 45.1 Å². The molecular weight excluding hydrogens is 238 g/mol. The molecule has 0 aromatic heterocycles. The van der Waals surface area contributed by atoms with Crippen molar-refractivity contribution < 1.29 is 9.47 Å². The van der Waals surface area contributed by atoms with Crippen LogP contribution in [0.1, 0.15) is 35.2 Å². The van der Waals surface area contributed by atoms with Gasteiger partial charge in [0.25, 0.3) is 0 Å². The number of rotatable bonds is 8. The number of nitrogens with one attached hydrogen (secondary N) is 1. The summed E-state index contributed by atoms with van der Waals surface area (Å²) in [5, 5.41) is 3.51. The summed E-state index contributed by atoms with van der Waals surface area (Å²) >= 11 is 0. The highest BCUT2D eigenvalue weighted by Gasteiger charge is 2.15. The first-order valence-electron chi connectivity index (χ1n) is 6.98. The van der Waals surface area contributed by atoms with Crippen LogP contribution < -0.4 is 5.32 Å². The largest absolute Gasteiger partial charge is 0.382 e. The fourth-order valence-corrected chi connectivity index (χ4v) is 2.57. The maximum Gasteiger partial charge on any atom is 0.0701 e. The van der Waals surface area contributed by atoms with Crippen LogP contribution in [0.15, 0.2) is 12.1 Å². The van der Waals surface area contributed by atoms with Gasteiger partial charge in [-0.1, -0.05) is 24.6 Å². The molecule has 0 heterocycles. The monoisotopic (exact) mass is 265 g/mol. The number of ether oxygens (including phenoxy) is 2. The standard InChI is InChI=1S/C16H27NO2/c1-6-17-15(11-19-8-7-18-5)16-13(3)9-12(2)10-14(16)4/h9-10,15,17H,6-8,11H2,1-5H3. The molecule has 0 fully saturated rings. The molecule has 3 heteroatoms. The van der Waals surface area contributed by atoms with E-state index >= 15 is 0 Å². The minimum atomic E-state index is 0.252. The minimum absolute atomic E-state index is 0.252. The van der Waals surface area contributed by atoms with Gasteiger partial charge in [-0.2, -0.15) is 0 Å². The molecule has 0 aliphatic carbocycles. The van der Waals surface area contributed by atoms with Gasteiger partial charge in [-0.05, 0) is 44.0 Å². The highest BCUT2D eigenvalue weighted by atomic mass is 16.5.